The number of rotatable bonds is 7. The molecule has 1 atom stereocenters. The van der Waals surface area contributed by atoms with Gasteiger partial charge in [-0.2, -0.15) is 5.10 Å². The first-order valence-corrected chi connectivity index (χ1v) is 8.24. The molecular weight excluding hydrogens is 304 g/mol. The van der Waals surface area contributed by atoms with E-state index in [1.165, 1.54) is 11.6 Å². The van der Waals surface area contributed by atoms with E-state index in [1.54, 1.807) is 0 Å². The monoisotopic (exact) mass is 330 g/mol. The van der Waals surface area contributed by atoms with Crippen LogP contribution in [0.1, 0.15) is 26.3 Å². The SMILES string of the molecule is CC(C)(C)OC(=O)/C=C/C1C=NN(CCOCc2ccccc2)C1. The third-order valence-corrected chi connectivity index (χ3v) is 3.33. The third kappa shape index (κ3) is 6.96. The lowest BCUT2D eigenvalue weighted by molar-refractivity contribution is -0.148. The highest BCUT2D eigenvalue weighted by molar-refractivity contribution is 5.83. The van der Waals surface area contributed by atoms with Crippen molar-refractivity contribution in [2.75, 3.05) is 19.7 Å². The molecule has 1 aromatic carbocycles. The van der Waals surface area contributed by atoms with Gasteiger partial charge in [0.15, 0.2) is 0 Å². The third-order valence-electron chi connectivity index (χ3n) is 3.33. The van der Waals surface area contributed by atoms with Crippen LogP contribution in [-0.4, -0.2) is 42.5 Å². The maximum atomic E-state index is 11.7. The molecule has 1 heterocycles. The number of benzene rings is 1. The summed E-state index contributed by atoms with van der Waals surface area (Å²) in [7, 11) is 0. The van der Waals surface area contributed by atoms with Crippen LogP contribution in [0.5, 0.6) is 0 Å². The molecule has 1 aliphatic rings. The van der Waals surface area contributed by atoms with Crippen LogP contribution in [0.2, 0.25) is 0 Å². The van der Waals surface area contributed by atoms with Gasteiger partial charge >= 0.3 is 5.97 Å². The lowest BCUT2D eigenvalue weighted by Gasteiger charge is -2.18. The van der Waals surface area contributed by atoms with E-state index in [2.05, 4.69) is 5.10 Å². The van der Waals surface area contributed by atoms with Crippen molar-refractivity contribution in [2.45, 2.75) is 33.0 Å². The van der Waals surface area contributed by atoms with Crippen molar-refractivity contribution >= 4 is 12.2 Å². The summed E-state index contributed by atoms with van der Waals surface area (Å²) in [6.07, 6.45) is 5.16. The van der Waals surface area contributed by atoms with Crippen LogP contribution in [0.3, 0.4) is 0 Å². The van der Waals surface area contributed by atoms with Gasteiger partial charge in [-0.15, -0.1) is 0 Å². The van der Waals surface area contributed by atoms with Gasteiger partial charge in [-0.05, 0) is 26.3 Å². The molecule has 0 spiro atoms. The smallest absolute Gasteiger partial charge is 0.330 e. The van der Waals surface area contributed by atoms with Gasteiger partial charge in [-0.25, -0.2) is 4.79 Å². The number of hydrogen-bond donors (Lipinski definition) is 0. The maximum Gasteiger partial charge on any atom is 0.330 e. The minimum atomic E-state index is -0.465. The molecule has 5 nitrogen and oxygen atoms in total. The fourth-order valence-electron chi connectivity index (χ4n) is 2.25. The van der Waals surface area contributed by atoms with Crippen molar-refractivity contribution in [3.8, 4) is 0 Å². The van der Waals surface area contributed by atoms with E-state index in [4.69, 9.17) is 9.47 Å². The zero-order valence-corrected chi connectivity index (χ0v) is 14.6. The lowest BCUT2D eigenvalue weighted by atomic mass is 10.1. The zero-order valence-electron chi connectivity index (χ0n) is 14.6. The highest BCUT2D eigenvalue weighted by Crippen LogP contribution is 2.11. The molecule has 0 aliphatic carbocycles. The number of carbonyl (C=O) groups excluding carboxylic acids is 1. The van der Waals surface area contributed by atoms with Gasteiger partial charge < -0.3 is 9.47 Å². The van der Waals surface area contributed by atoms with Gasteiger partial charge in [0.2, 0.25) is 0 Å². The molecule has 1 unspecified atom stereocenters. The van der Waals surface area contributed by atoms with Crippen LogP contribution in [0.4, 0.5) is 0 Å². The minimum Gasteiger partial charge on any atom is -0.457 e. The normalized spacial score (nSPS) is 17.6. The van der Waals surface area contributed by atoms with Gasteiger partial charge in [0, 0.05) is 24.8 Å². The largest absolute Gasteiger partial charge is 0.457 e. The number of ether oxygens (including phenoxy) is 2. The van der Waals surface area contributed by atoms with E-state index < -0.39 is 5.60 Å². The fraction of sp³-hybridized carbons (Fsp3) is 0.474. The first-order chi connectivity index (χ1) is 11.4. The van der Waals surface area contributed by atoms with Crippen LogP contribution in [0.15, 0.2) is 47.6 Å². The summed E-state index contributed by atoms with van der Waals surface area (Å²) >= 11 is 0. The fourth-order valence-corrected chi connectivity index (χ4v) is 2.25. The van der Waals surface area contributed by atoms with Crippen LogP contribution in [0, 0.1) is 5.92 Å². The van der Waals surface area contributed by atoms with Crippen molar-refractivity contribution in [3.63, 3.8) is 0 Å². The first kappa shape index (κ1) is 18.2. The molecule has 0 N–H and O–H groups in total. The first-order valence-electron chi connectivity index (χ1n) is 8.24. The Hall–Kier alpha value is -2.14. The number of nitrogens with zero attached hydrogens (tertiary/aromatic N) is 2. The number of hydrogen-bond acceptors (Lipinski definition) is 5. The summed E-state index contributed by atoms with van der Waals surface area (Å²) < 4.78 is 10.9. The molecule has 2 rings (SSSR count). The second-order valence-corrected chi connectivity index (χ2v) is 6.77. The molecule has 5 heteroatoms. The van der Waals surface area contributed by atoms with E-state index in [1.807, 2.05) is 68.4 Å². The van der Waals surface area contributed by atoms with E-state index in [0.717, 1.165) is 13.1 Å². The van der Waals surface area contributed by atoms with Gasteiger partial charge in [0.1, 0.15) is 5.60 Å². The minimum absolute atomic E-state index is 0.131. The number of esters is 1. The molecule has 1 aliphatic heterocycles. The number of carbonyl (C=O) groups is 1. The molecule has 24 heavy (non-hydrogen) atoms. The molecule has 0 saturated heterocycles. The molecule has 0 aromatic heterocycles. The molecule has 0 radical (unpaired) electrons. The summed E-state index contributed by atoms with van der Waals surface area (Å²) in [5.74, 6) is -0.188. The Morgan fingerprint density at radius 1 is 1.33 bits per heavy atom. The molecule has 0 amide bonds. The van der Waals surface area contributed by atoms with Crippen LogP contribution >= 0.6 is 0 Å². The van der Waals surface area contributed by atoms with E-state index in [9.17, 15) is 4.79 Å². The Bertz CT molecular complexity index is 576. The van der Waals surface area contributed by atoms with Gasteiger partial charge in [0.25, 0.3) is 0 Å². The standard InChI is InChI=1S/C19H26N2O3/c1-19(2,3)24-18(22)10-9-17-13-20-21(14-17)11-12-23-15-16-7-5-4-6-8-16/h4-10,13,17H,11-12,14-15H2,1-3H3/b10-9+. The second-order valence-electron chi connectivity index (χ2n) is 6.77. The lowest BCUT2D eigenvalue weighted by Crippen LogP contribution is -2.23. The van der Waals surface area contributed by atoms with Crippen LogP contribution in [0.25, 0.3) is 0 Å². The Morgan fingerprint density at radius 2 is 2.08 bits per heavy atom. The molecular formula is C19H26N2O3. The molecule has 0 saturated carbocycles. The van der Waals surface area contributed by atoms with Crippen LogP contribution in [-0.2, 0) is 20.9 Å². The zero-order chi connectivity index (χ0) is 17.4. The van der Waals surface area contributed by atoms with Crippen molar-refractivity contribution in [3.05, 3.63) is 48.0 Å². The highest BCUT2D eigenvalue weighted by Gasteiger charge is 2.17. The molecule has 1 aromatic rings. The number of hydrazone groups is 1. The van der Waals surface area contributed by atoms with Crippen molar-refractivity contribution in [1.82, 2.24) is 5.01 Å². The second kappa shape index (κ2) is 8.64. The van der Waals surface area contributed by atoms with Gasteiger partial charge in [-0.1, -0.05) is 36.4 Å². The van der Waals surface area contributed by atoms with Crippen molar-refractivity contribution in [2.24, 2.45) is 11.0 Å². The predicted octanol–water partition coefficient (Wildman–Crippen LogP) is 3.02. The Kier molecular flexibility index (Phi) is 6.55. The van der Waals surface area contributed by atoms with Crippen molar-refractivity contribution in [1.29, 1.82) is 0 Å². The van der Waals surface area contributed by atoms with E-state index in [-0.39, 0.29) is 11.9 Å². The summed E-state index contributed by atoms with van der Waals surface area (Å²) in [6.45, 7) is 8.29. The van der Waals surface area contributed by atoms with E-state index >= 15 is 0 Å². The Labute approximate surface area is 143 Å². The van der Waals surface area contributed by atoms with Crippen molar-refractivity contribution < 1.29 is 14.3 Å². The van der Waals surface area contributed by atoms with Crippen LogP contribution < -0.4 is 0 Å². The quantitative estimate of drug-likeness (QED) is 0.438. The summed E-state index contributed by atoms with van der Waals surface area (Å²) in [5.41, 5.74) is 0.702. The average Bonchev–Trinajstić information content (AvgIpc) is 2.97. The topological polar surface area (TPSA) is 51.1 Å². The summed E-state index contributed by atoms with van der Waals surface area (Å²) in [4.78, 5) is 11.7. The highest BCUT2D eigenvalue weighted by atomic mass is 16.6. The summed E-state index contributed by atoms with van der Waals surface area (Å²) in [6, 6.07) is 10.1. The maximum absolute atomic E-state index is 11.7. The average molecular weight is 330 g/mol. The molecule has 0 bridgehead atoms. The summed E-state index contributed by atoms with van der Waals surface area (Å²) in [5, 5.41) is 6.29. The Balaban J connectivity index is 1.63. The van der Waals surface area contributed by atoms with Gasteiger partial charge in [-0.3, -0.25) is 5.01 Å². The Morgan fingerprint density at radius 3 is 2.79 bits per heavy atom. The molecule has 130 valence electrons. The predicted molar refractivity (Wildman–Crippen MR) is 94.6 cm³/mol. The van der Waals surface area contributed by atoms with Gasteiger partial charge in [0.05, 0.1) is 19.8 Å². The van der Waals surface area contributed by atoms with E-state index in [0.29, 0.717) is 13.2 Å². The molecule has 0 fully saturated rings.